The summed E-state index contributed by atoms with van der Waals surface area (Å²) in [5.74, 6) is 1.63. The van der Waals surface area contributed by atoms with Crippen LogP contribution >= 0.6 is 0 Å². The number of ether oxygens (including phenoxy) is 2. The number of hydrogen-bond acceptors (Lipinski definition) is 4. The van der Waals surface area contributed by atoms with E-state index in [-0.39, 0.29) is 11.9 Å². The van der Waals surface area contributed by atoms with Crippen LogP contribution in [0.25, 0.3) is 0 Å². The highest BCUT2D eigenvalue weighted by atomic mass is 32.2. The number of aryl methyl sites for hydroxylation is 1. The molecule has 0 aliphatic carbocycles. The molecule has 0 N–H and O–H groups in total. The van der Waals surface area contributed by atoms with Gasteiger partial charge in [-0.25, -0.2) is 8.42 Å². The highest BCUT2D eigenvalue weighted by molar-refractivity contribution is 7.89. The van der Waals surface area contributed by atoms with E-state index in [1.807, 2.05) is 54.6 Å². The Morgan fingerprint density at radius 3 is 2.62 bits per heavy atom. The number of para-hydroxylation sites is 1. The Bertz CT molecular complexity index is 808. The average molecular weight is 375 g/mol. The van der Waals surface area contributed by atoms with Gasteiger partial charge in [-0.3, -0.25) is 0 Å². The van der Waals surface area contributed by atoms with Crippen molar-refractivity contribution in [3.63, 3.8) is 0 Å². The molecule has 0 spiro atoms. The SMILES string of the molecule is COc1cccc(CCS(=O)(=O)N2CCCC(Oc3ccccc3)C2)c1. The fourth-order valence-corrected chi connectivity index (χ4v) is 4.70. The topological polar surface area (TPSA) is 55.8 Å². The van der Waals surface area contributed by atoms with Crippen LogP contribution in [0, 0.1) is 0 Å². The van der Waals surface area contributed by atoms with Gasteiger partial charge in [0.1, 0.15) is 17.6 Å². The number of nitrogens with zero attached hydrogens (tertiary/aromatic N) is 1. The van der Waals surface area contributed by atoms with E-state index in [1.165, 1.54) is 0 Å². The average Bonchev–Trinajstić information content (AvgIpc) is 2.68. The van der Waals surface area contributed by atoms with E-state index in [1.54, 1.807) is 11.4 Å². The first-order valence-corrected chi connectivity index (χ1v) is 10.5. The van der Waals surface area contributed by atoms with E-state index in [9.17, 15) is 8.42 Å². The zero-order valence-electron chi connectivity index (χ0n) is 15.0. The summed E-state index contributed by atoms with van der Waals surface area (Å²) in [6, 6.07) is 17.1. The molecule has 0 saturated carbocycles. The molecule has 1 fully saturated rings. The minimum atomic E-state index is -3.31. The van der Waals surface area contributed by atoms with Gasteiger partial charge in [-0.05, 0) is 49.1 Å². The van der Waals surface area contributed by atoms with Crippen molar-refractivity contribution in [3.05, 3.63) is 60.2 Å². The number of hydrogen-bond donors (Lipinski definition) is 0. The van der Waals surface area contributed by atoms with E-state index in [4.69, 9.17) is 9.47 Å². The molecule has 0 radical (unpaired) electrons. The lowest BCUT2D eigenvalue weighted by Gasteiger charge is -2.32. The van der Waals surface area contributed by atoms with Gasteiger partial charge in [-0.2, -0.15) is 4.31 Å². The zero-order chi connectivity index (χ0) is 18.4. The number of benzene rings is 2. The molecule has 140 valence electrons. The molecule has 2 aromatic carbocycles. The van der Waals surface area contributed by atoms with Gasteiger partial charge in [0.25, 0.3) is 0 Å². The van der Waals surface area contributed by atoms with Gasteiger partial charge in [-0.15, -0.1) is 0 Å². The molecular weight excluding hydrogens is 350 g/mol. The molecule has 0 aromatic heterocycles. The van der Waals surface area contributed by atoms with E-state index in [0.717, 1.165) is 29.9 Å². The van der Waals surface area contributed by atoms with Crippen LogP contribution < -0.4 is 9.47 Å². The Morgan fingerprint density at radius 2 is 1.85 bits per heavy atom. The van der Waals surface area contributed by atoms with Crippen LogP contribution in [-0.2, 0) is 16.4 Å². The third-order valence-corrected chi connectivity index (χ3v) is 6.40. The summed E-state index contributed by atoms with van der Waals surface area (Å²) in [4.78, 5) is 0. The van der Waals surface area contributed by atoms with Crippen molar-refractivity contribution in [1.29, 1.82) is 0 Å². The summed E-state index contributed by atoms with van der Waals surface area (Å²) < 4.78 is 38.2. The van der Waals surface area contributed by atoms with Crippen LogP contribution in [0.3, 0.4) is 0 Å². The number of piperidine rings is 1. The molecule has 0 bridgehead atoms. The summed E-state index contributed by atoms with van der Waals surface area (Å²) in [5, 5.41) is 0. The second kappa shape index (κ2) is 8.56. The van der Waals surface area contributed by atoms with Crippen LogP contribution in [0.2, 0.25) is 0 Å². The van der Waals surface area contributed by atoms with E-state index in [2.05, 4.69) is 0 Å². The second-order valence-electron chi connectivity index (χ2n) is 6.47. The molecule has 1 heterocycles. The van der Waals surface area contributed by atoms with Crippen molar-refractivity contribution in [2.45, 2.75) is 25.4 Å². The Labute approximate surface area is 155 Å². The maximum atomic E-state index is 12.8. The smallest absolute Gasteiger partial charge is 0.214 e. The van der Waals surface area contributed by atoms with Gasteiger partial charge >= 0.3 is 0 Å². The molecule has 3 rings (SSSR count). The highest BCUT2D eigenvalue weighted by Crippen LogP contribution is 2.21. The Morgan fingerprint density at radius 1 is 1.08 bits per heavy atom. The third-order valence-electron chi connectivity index (χ3n) is 4.56. The predicted molar refractivity (Wildman–Crippen MR) is 102 cm³/mol. The lowest BCUT2D eigenvalue weighted by molar-refractivity contribution is 0.130. The number of rotatable bonds is 7. The fraction of sp³-hybridized carbons (Fsp3) is 0.400. The first-order valence-electron chi connectivity index (χ1n) is 8.89. The van der Waals surface area contributed by atoms with Crippen molar-refractivity contribution in [2.24, 2.45) is 0 Å². The highest BCUT2D eigenvalue weighted by Gasteiger charge is 2.29. The first kappa shape index (κ1) is 18.7. The van der Waals surface area contributed by atoms with Gasteiger partial charge in [0.2, 0.25) is 10.0 Å². The molecule has 1 atom stereocenters. The summed E-state index contributed by atoms with van der Waals surface area (Å²) in [6.45, 7) is 0.977. The third kappa shape index (κ3) is 4.99. The fourth-order valence-electron chi connectivity index (χ4n) is 3.15. The quantitative estimate of drug-likeness (QED) is 0.746. The summed E-state index contributed by atoms with van der Waals surface area (Å²) in [6.07, 6.45) is 2.06. The van der Waals surface area contributed by atoms with E-state index < -0.39 is 10.0 Å². The van der Waals surface area contributed by atoms with Gasteiger partial charge in [0.05, 0.1) is 19.4 Å². The summed E-state index contributed by atoms with van der Waals surface area (Å²) in [5.41, 5.74) is 0.960. The molecule has 5 nitrogen and oxygen atoms in total. The van der Waals surface area contributed by atoms with Crippen molar-refractivity contribution in [1.82, 2.24) is 4.31 Å². The van der Waals surface area contributed by atoms with Gasteiger partial charge in [0.15, 0.2) is 0 Å². The van der Waals surface area contributed by atoms with Crippen LogP contribution in [0.15, 0.2) is 54.6 Å². The van der Waals surface area contributed by atoms with Gasteiger partial charge in [-0.1, -0.05) is 30.3 Å². The van der Waals surface area contributed by atoms with Crippen LogP contribution in [0.1, 0.15) is 18.4 Å². The molecule has 0 amide bonds. The maximum Gasteiger partial charge on any atom is 0.214 e. The molecule has 2 aromatic rings. The number of methoxy groups -OCH3 is 1. The normalized spacial score (nSPS) is 18.4. The molecule has 1 saturated heterocycles. The monoisotopic (exact) mass is 375 g/mol. The lowest BCUT2D eigenvalue weighted by atomic mass is 10.1. The maximum absolute atomic E-state index is 12.8. The summed E-state index contributed by atoms with van der Waals surface area (Å²) in [7, 11) is -1.71. The largest absolute Gasteiger partial charge is 0.497 e. The van der Waals surface area contributed by atoms with Crippen molar-refractivity contribution in [3.8, 4) is 11.5 Å². The zero-order valence-corrected chi connectivity index (χ0v) is 15.8. The van der Waals surface area contributed by atoms with Crippen molar-refractivity contribution in [2.75, 3.05) is 26.0 Å². The Hall–Kier alpha value is -2.05. The molecule has 1 aliphatic rings. The molecule has 1 aliphatic heterocycles. The van der Waals surface area contributed by atoms with E-state index >= 15 is 0 Å². The minimum absolute atomic E-state index is 0.0955. The standard InChI is InChI=1S/C20H25NO4S/c1-24-19-10-5-7-17(15-19)12-14-26(22,23)21-13-6-11-20(16-21)25-18-8-3-2-4-9-18/h2-5,7-10,15,20H,6,11-14,16H2,1H3. The minimum Gasteiger partial charge on any atom is -0.497 e. The summed E-state index contributed by atoms with van der Waals surface area (Å²) >= 11 is 0. The van der Waals surface area contributed by atoms with Crippen molar-refractivity contribution < 1.29 is 17.9 Å². The number of sulfonamides is 1. The van der Waals surface area contributed by atoms with E-state index in [0.29, 0.717) is 19.5 Å². The van der Waals surface area contributed by atoms with Gasteiger partial charge < -0.3 is 9.47 Å². The Kier molecular flexibility index (Phi) is 6.16. The van der Waals surface area contributed by atoms with Gasteiger partial charge in [0, 0.05) is 6.54 Å². The Balaban J connectivity index is 1.59. The van der Waals surface area contributed by atoms with Crippen LogP contribution in [-0.4, -0.2) is 44.8 Å². The van der Waals surface area contributed by atoms with Crippen molar-refractivity contribution >= 4 is 10.0 Å². The second-order valence-corrected chi connectivity index (χ2v) is 8.56. The van der Waals surface area contributed by atoms with Crippen LogP contribution in [0.5, 0.6) is 11.5 Å². The molecular formula is C20H25NO4S. The first-order chi connectivity index (χ1) is 12.6. The molecule has 6 heteroatoms. The molecule has 1 unspecified atom stereocenters. The lowest BCUT2D eigenvalue weighted by Crippen LogP contribution is -2.45. The van der Waals surface area contributed by atoms with Crippen LogP contribution in [0.4, 0.5) is 0 Å². The molecule has 26 heavy (non-hydrogen) atoms. The predicted octanol–water partition coefficient (Wildman–Crippen LogP) is 3.11.